The number of benzene rings is 1. The predicted octanol–water partition coefficient (Wildman–Crippen LogP) is 4.30. The number of rotatable bonds is 3. The van der Waals surface area contributed by atoms with Crippen LogP contribution in [0.2, 0.25) is 10.0 Å². The molecule has 0 bridgehead atoms. The molecule has 100 valence electrons. The van der Waals surface area contributed by atoms with Crippen molar-refractivity contribution in [3.63, 3.8) is 0 Å². The minimum atomic E-state index is 0.546. The zero-order valence-corrected chi connectivity index (χ0v) is 12.0. The van der Waals surface area contributed by atoms with Gasteiger partial charge in [-0.3, -0.25) is 4.98 Å². The lowest BCUT2D eigenvalue weighted by molar-refractivity contribution is 0.793. The Balaban J connectivity index is 1.92. The van der Waals surface area contributed by atoms with E-state index in [0.717, 1.165) is 23.2 Å². The largest absolute Gasteiger partial charge is 0.333 e. The third kappa shape index (κ3) is 2.84. The molecule has 0 saturated heterocycles. The molecule has 0 unspecified atom stereocenters. The van der Waals surface area contributed by atoms with E-state index in [4.69, 9.17) is 23.2 Å². The second-order valence-corrected chi connectivity index (χ2v) is 5.26. The van der Waals surface area contributed by atoms with Crippen molar-refractivity contribution in [3.8, 4) is 11.1 Å². The summed E-state index contributed by atoms with van der Waals surface area (Å²) in [6, 6.07) is 7.67. The summed E-state index contributed by atoms with van der Waals surface area (Å²) in [7, 11) is 0. The molecule has 2 aromatic heterocycles. The highest BCUT2D eigenvalue weighted by molar-refractivity contribution is 6.42. The first-order valence-electron chi connectivity index (χ1n) is 6.07. The maximum absolute atomic E-state index is 6.05. The zero-order valence-electron chi connectivity index (χ0n) is 10.5. The van der Waals surface area contributed by atoms with Crippen LogP contribution in [0.4, 0.5) is 0 Å². The van der Waals surface area contributed by atoms with Crippen LogP contribution < -0.4 is 0 Å². The number of nitrogens with zero attached hydrogens (tertiary/aromatic N) is 3. The highest BCUT2D eigenvalue weighted by atomic mass is 35.5. The minimum absolute atomic E-state index is 0.546. The molecule has 2 heterocycles. The third-order valence-electron chi connectivity index (χ3n) is 2.97. The Morgan fingerprint density at radius 2 is 1.85 bits per heavy atom. The molecule has 0 fully saturated rings. The number of aromatic nitrogens is 3. The number of hydrogen-bond donors (Lipinski definition) is 0. The molecule has 0 aliphatic rings. The highest BCUT2D eigenvalue weighted by Gasteiger charge is 2.04. The Labute approximate surface area is 126 Å². The van der Waals surface area contributed by atoms with Crippen LogP contribution in [0.15, 0.2) is 55.4 Å². The molecule has 0 aliphatic carbocycles. The number of halogens is 2. The molecule has 3 rings (SSSR count). The Bertz CT molecular complexity index is 724. The Hall–Kier alpha value is -1.84. The first-order valence-corrected chi connectivity index (χ1v) is 6.83. The van der Waals surface area contributed by atoms with E-state index in [9.17, 15) is 0 Å². The molecule has 0 spiro atoms. The summed E-state index contributed by atoms with van der Waals surface area (Å²) in [5.41, 5.74) is 3.12. The van der Waals surface area contributed by atoms with Gasteiger partial charge in [-0.25, -0.2) is 4.98 Å². The van der Waals surface area contributed by atoms with Gasteiger partial charge in [-0.2, -0.15) is 0 Å². The minimum Gasteiger partial charge on any atom is -0.333 e. The molecule has 0 radical (unpaired) electrons. The summed E-state index contributed by atoms with van der Waals surface area (Å²) in [4.78, 5) is 8.31. The Morgan fingerprint density at radius 1 is 0.950 bits per heavy atom. The fourth-order valence-corrected chi connectivity index (χ4v) is 2.30. The second kappa shape index (κ2) is 5.65. The van der Waals surface area contributed by atoms with E-state index in [1.54, 1.807) is 18.6 Å². The monoisotopic (exact) mass is 303 g/mol. The molecule has 0 atom stereocenters. The van der Waals surface area contributed by atoms with Gasteiger partial charge in [0, 0.05) is 30.4 Å². The van der Waals surface area contributed by atoms with Crippen LogP contribution in [0.25, 0.3) is 11.1 Å². The van der Waals surface area contributed by atoms with Gasteiger partial charge in [0.25, 0.3) is 0 Å². The van der Waals surface area contributed by atoms with Crippen molar-refractivity contribution < 1.29 is 0 Å². The van der Waals surface area contributed by atoms with Crippen molar-refractivity contribution in [3.05, 3.63) is 71.0 Å². The maximum atomic E-state index is 6.05. The highest BCUT2D eigenvalue weighted by Crippen LogP contribution is 2.28. The number of pyridine rings is 1. The average molecular weight is 304 g/mol. The fourth-order valence-electron chi connectivity index (χ4n) is 2.00. The van der Waals surface area contributed by atoms with Crippen molar-refractivity contribution >= 4 is 23.2 Å². The summed E-state index contributed by atoms with van der Waals surface area (Å²) in [6.45, 7) is 0.738. The molecule has 0 saturated carbocycles. The molecule has 20 heavy (non-hydrogen) atoms. The Morgan fingerprint density at radius 3 is 2.60 bits per heavy atom. The van der Waals surface area contributed by atoms with Crippen molar-refractivity contribution in [1.29, 1.82) is 0 Å². The predicted molar refractivity (Wildman–Crippen MR) is 81.0 cm³/mol. The smallest absolute Gasteiger partial charge is 0.0949 e. The fraction of sp³-hybridized carbons (Fsp3) is 0.0667. The molecule has 5 heteroatoms. The van der Waals surface area contributed by atoms with E-state index in [2.05, 4.69) is 16.0 Å². The van der Waals surface area contributed by atoms with Gasteiger partial charge in [-0.1, -0.05) is 29.3 Å². The first kappa shape index (κ1) is 13.2. The summed E-state index contributed by atoms with van der Waals surface area (Å²) in [5, 5.41) is 1.10. The molecular weight excluding hydrogens is 293 g/mol. The first-order chi connectivity index (χ1) is 9.72. The molecule has 3 aromatic rings. The van der Waals surface area contributed by atoms with Crippen molar-refractivity contribution in [1.82, 2.24) is 14.5 Å². The van der Waals surface area contributed by atoms with E-state index >= 15 is 0 Å². The molecule has 0 amide bonds. The lowest BCUT2D eigenvalue weighted by Gasteiger charge is -2.07. The van der Waals surface area contributed by atoms with Gasteiger partial charge in [0.2, 0.25) is 0 Å². The van der Waals surface area contributed by atoms with Crippen LogP contribution in [-0.4, -0.2) is 14.5 Å². The topological polar surface area (TPSA) is 30.7 Å². The van der Waals surface area contributed by atoms with Gasteiger partial charge in [-0.05, 0) is 29.3 Å². The van der Waals surface area contributed by atoms with Crippen LogP contribution in [-0.2, 0) is 6.54 Å². The van der Waals surface area contributed by atoms with Crippen LogP contribution in [0.3, 0.4) is 0 Å². The van der Waals surface area contributed by atoms with E-state index in [-0.39, 0.29) is 0 Å². The van der Waals surface area contributed by atoms with Crippen LogP contribution in [0.5, 0.6) is 0 Å². The van der Waals surface area contributed by atoms with E-state index in [1.807, 2.05) is 35.3 Å². The van der Waals surface area contributed by atoms with Crippen molar-refractivity contribution in [2.45, 2.75) is 6.54 Å². The summed E-state index contributed by atoms with van der Waals surface area (Å²) in [6.07, 6.45) is 9.13. The van der Waals surface area contributed by atoms with Gasteiger partial charge in [0.05, 0.1) is 22.9 Å². The van der Waals surface area contributed by atoms with Crippen LogP contribution in [0.1, 0.15) is 5.56 Å². The van der Waals surface area contributed by atoms with Gasteiger partial charge in [-0.15, -0.1) is 0 Å². The van der Waals surface area contributed by atoms with Gasteiger partial charge >= 0.3 is 0 Å². The van der Waals surface area contributed by atoms with E-state index in [1.165, 1.54) is 0 Å². The lowest BCUT2D eigenvalue weighted by atomic mass is 10.1. The summed E-state index contributed by atoms with van der Waals surface area (Å²) < 4.78 is 2.00. The summed E-state index contributed by atoms with van der Waals surface area (Å²) >= 11 is 12.0. The van der Waals surface area contributed by atoms with Crippen molar-refractivity contribution in [2.75, 3.05) is 0 Å². The van der Waals surface area contributed by atoms with Gasteiger partial charge in [0.15, 0.2) is 0 Å². The summed E-state index contributed by atoms with van der Waals surface area (Å²) in [5.74, 6) is 0. The van der Waals surface area contributed by atoms with Crippen LogP contribution >= 0.6 is 23.2 Å². The van der Waals surface area contributed by atoms with E-state index in [0.29, 0.717) is 10.0 Å². The lowest BCUT2D eigenvalue weighted by Crippen LogP contribution is -1.97. The van der Waals surface area contributed by atoms with E-state index < -0.39 is 0 Å². The van der Waals surface area contributed by atoms with Gasteiger partial charge < -0.3 is 4.57 Å². The van der Waals surface area contributed by atoms with Crippen molar-refractivity contribution in [2.24, 2.45) is 0 Å². The SMILES string of the molecule is Clc1ccc(-c2cncc(Cn3ccnc3)c2)cc1Cl. The third-order valence-corrected chi connectivity index (χ3v) is 3.71. The van der Waals surface area contributed by atoms with Gasteiger partial charge in [0.1, 0.15) is 0 Å². The maximum Gasteiger partial charge on any atom is 0.0949 e. The zero-order chi connectivity index (χ0) is 13.9. The second-order valence-electron chi connectivity index (χ2n) is 4.45. The quantitative estimate of drug-likeness (QED) is 0.722. The molecule has 0 N–H and O–H groups in total. The average Bonchev–Trinajstić information content (AvgIpc) is 2.95. The number of hydrogen-bond acceptors (Lipinski definition) is 2. The number of imidazole rings is 1. The van der Waals surface area contributed by atoms with Crippen LogP contribution in [0, 0.1) is 0 Å². The molecular formula is C15H11Cl2N3. The molecule has 1 aromatic carbocycles. The Kier molecular flexibility index (Phi) is 3.72. The molecule has 0 aliphatic heterocycles. The normalized spacial score (nSPS) is 10.7. The standard InChI is InChI=1S/C15H11Cl2N3/c16-14-2-1-12(6-15(14)17)13-5-11(7-19-8-13)9-20-4-3-18-10-20/h1-8,10H,9H2. The molecule has 3 nitrogen and oxygen atoms in total.